The van der Waals surface area contributed by atoms with Crippen LogP contribution in [-0.2, 0) is 7.05 Å². The number of furan rings is 1. The lowest BCUT2D eigenvalue weighted by molar-refractivity contribution is 0.102. The predicted molar refractivity (Wildman–Crippen MR) is 77.8 cm³/mol. The van der Waals surface area contributed by atoms with E-state index in [-0.39, 0.29) is 5.91 Å². The smallest absolute Gasteiger partial charge is 0.276 e. The molecule has 3 heterocycles. The molecule has 0 aliphatic carbocycles. The monoisotopic (exact) mass is 282 g/mol. The highest BCUT2D eigenvalue weighted by Gasteiger charge is 2.15. The first-order valence-electron chi connectivity index (χ1n) is 6.45. The second-order valence-electron chi connectivity index (χ2n) is 4.66. The van der Waals surface area contributed by atoms with Crippen LogP contribution >= 0.6 is 0 Å². The number of carbonyl (C=O) groups is 1. The molecule has 0 spiro atoms. The minimum absolute atomic E-state index is 0.269. The summed E-state index contributed by atoms with van der Waals surface area (Å²) in [7, 11) is 1.77. The summed E-state index contributed by atoms with van der Waals surface area (Å²) >= 11 is 0. The highest BCUT2D eigenvalue weighted by molar-refractivity contribution is 6.03. The molecule has 0 aromatic carbocycles. The minimum Gasteiger partial charge on any atom is -0.463 e. The van der Waals surface area contributed by atoms with Gasteiger partial charge in [0.15, 0.2) is 11.5 Å². The molecule has 6 heteroatoms. The van der Waals surface area contributed by atoms with Gasteiger partial charge in [-0.25, -0.2) is 0 Å². The van der Waals surface area contributed by atoms with Crippen LogP contribution in [0.2, 0.25) is 0 Å². The Balaban J connectivity index is 1.84. The van der Waals surface area contributed by atoms with Crippen molar-refractivity contribution in [2.24, 2.45) is 7.05 Å². The van der Waals surface area contributed by atoms with E-state index in [0.717, 1.165) is 11.4 Å². The third-order valence-electron chi connectivity index (χ3n) is 3.04. The number of aryl methyl sites for hydroxylation is 2. The molecule has 3 aromatic rings. The van der Waals surface area contributed by atoms with Gasteiger partial charge in [0.25, 0.3) is 5.91 Å². The van der Waals surface area contributed by atoms with Crippen LogP contribution in [0.1, 0.15) is 16.2 Å². The predicted octanol–water partition coefficient (Wildman–Crippen LogP) is 2.64. The van der Waals surface area contributed by atoms with Crippen molar-refractivity contribution in [2.75, 3.05) is 5.32 Å². The van der Waals surface area contributed by atoms with Gasteiger partial charge in [-0.2, -0.15) is 5.10 Å². The van der Waals surface area contributed by atoms with E-state index >= 15 is 0 Å². The zero-order valence-electron chi connectivity index (χ0n) is 11.7. The third-order valence-corrected chi connectivity index (χ3v) is 3.04. The quantitative estimate of drug-likeness (QED) is 0.801. The molecule has 6 nitrogen and oxygen atoms in total. The normalized spacial score (nSPS) is 10.6. The van der Waals surface area contributed by atoms with Gasteiger partial charge >= 0.3 is 0 Å². The Morgan fingerprint density at radius 2 is 2.19 bits per heavy atom. The fourth-order valence-electron chi connectivity index (χ4n) is 2.05. The Morgan fingerprint density at radius 1 is 1.33 bits per heavy atom. The SMILES string of the molecule is Cc1cc(NC(=O)c2cc(-c3ccco3)n(C)n2)ccn1. The van der Waals surface area contributed by atoms with Crippen molar-refractivity contribution in [3.05, 3.63) is 54.2 Å². The van der Waals surface area contributed by atoms with Crippen LogP contribution in [0.3, 0.4) is 0 Å². The topological polar surface area (TPSA) is 73.0 Å². The van der Waals surface area contributed by atoms with E-state index in [0.29, 0.717) is 17.1 Å². The summed E-state index contributed by atoms with van der Waals surface area (Å²) in [5.74, 6) is 0.401. The van der Waals surface area contributed by atoms with Crippen LogP contribution in [0.15, 0.2) is 47.2 Å². The van der Waals surface area contributed by atoms with Crippen LogP contribution in [0.5, 0.6) is 0 Å². The number of nitrogens with zero attached hydrogens (tertiary/aromatic N) is 3. The number of hydrogen-bond acceptors (Lipinski definition) is 4. The highest BCUT2D eigenvalue weighted by Crippen LogP contribution is 2.20. The van der Waals surface area contributed by atoms with Gasteiger partial charge in [0, 0.05) is 30.7 Å². The fourth-order valence-corrected chi connectivity index (χ4v) is 2.05. The standard InChI is InChI=1S/C15H14N4O2/c1-10-8-11(5-6-16-10)17-15(20)12-9-13(19(2)18-12)14-4-3-7-21-14/h3-9H,1-2H3,(H,16,17,20). The van der Waals surface area contributed by atoms with Gasteiger partial charge in [-0.3, -0.25) is 14.5 Å². The molecule has 0 fully saturated rings. The van der Waals surface area contributed by atoms with E-state index < -0.39 is 0 Å². The van der Waals surface area contributed by atoms with Crippen molar-refractivity contribution in [2.45, 2.75) is 6.92 Å². The minimum atomic E-state index is -0.269. The van der Waals surface area contributed by atoms with Crippen molar-refractivity contribution >= 4 is 11.6 Å². The number of carbonyl (C=O) groups excluding carboxylic acids is 1. The van der Waals surface area contributed by atoms with E-state index in [1.165, 1.54) is 0 Å². The molecule has 3 rings (SSSR count). The molecule has 21 heavy (non-hydrogen) atoms. The van der Waals surface area contributed by atoms with Gasteiger partial charge < -0.3 is 9.73 Å². The van der Waals surface area contributed by atoms with Crippen molar-refractivity contribution < 1.29 is 9.21 Å². The lowest BCUT2D eigenvalue weighted by atomic mass is 10.2. The Kier molecular flexibility index (Phi) is 3.27. The summed E-state index contributed by atoms with van der Waals surface area (Å²) in [5.41, 5.74) is 2.61. The van der Waals surface area contributed by atoms with Crippen LogP contribution in [0.25, 0.3) is 11.5 Å². The second kappa shape index (κ2) is 5.24. The summed E-state index contributed by atoms with van der Waals surface area (Å²) in [6, 6.07) is 8.85. The van der Waals surface area contributed by atoms with E-state index in [4.69, 9.17) is 4.42 Å². The van der Waals surface area contributed by atoms with Crippen LogP contribution < -0.4 is 5.32 Å². The first kappa shape index (κ1) is 13.1. The van der Waals surface area contributed by atoms with Crippen LogP contribution in [-0.4, -0.2) is 20.7 Å². The third kappa shape index (κ3) is 2.69. The Morgan fingerprint density at radius 3 is 2.90 bits per heavy atom. The maximum Gasteiger partial charge on any atom is 0.276 e. The summed E-state index contributed by atoms with van der Waals surface area (Å²) < 4.78 is 6.94. The van der Waals surface area contributed by atoms with E-state index in [9.17, 15) is 4.79 Å². The molecule has 3 aromatic heterocycles. The first-order valence-corrected chi connectivity index (χ1v) is 6.45. The van der Waals surface area contributed by atoms with Crippen LogP contribution in [0.4, 0.5) is 5.69 Å². The Labute approximate surface area is 121 Å². The molecule has 0 radical (unpaired) electrons. The zero-order valence-corrected chi connectivity index (χ0v) is 11.7. The summed E-state index contributed by atoms with van der Waals surface area (Å²) in [5, 5.41) is 7.01. The molecule has 0 aliphatic rings. The molecule has 0 aliphatic heterocycles. The molecule has 0 atom stereocenters. The summed E-state index contributed by atoms with van der Waals surface area (Å²) in [6.45, 7) is 1.87. The van der Waals surface area contributed by atoms with E-state index in [1.54, 1.807) is 48.5 Å². The van der Waals surface area contributed by atoms with Gasteiger partial charge in [0.1, 0.15) is 5.69 Å². The van der Waals surface area contributed by atoms with Crippen molar-refractivity contribution in [1.29, 1.82) is 0 Å². The maximum absolute atomic E-state index is 12.2. The number of amides is 1. The molecule has 0 saturated heterocycles. The van der Waals surface area contributed by atoms with Crippen molar-refractivity contribution in [1.82, 2.24) is 14.8 Å². The van der Waals surface area contributed by atoms with Crippen LogP contribution in [0, 0.1) is 6.92 Å². The van der Waals surface area contributed by atoms with Gasteiger partial charge in [-0.1, -0.05) is 0 Å². The van der Waals surface area contributed by atoms with E-state index in [1.807, 2.05) is 13.0 Å². The Bertz CT molecular complexity index is 775. The summed E-state index contributed by atoms with van der Waals surface area (Å²) in [6.07, 6.45) is 3.24. The largest absolute Gasteiger partial charge is 0.463 e. The van der Waals surface area contributed by atoms with Crippen molar-refractivity contribution in [3.8, 4) is 11.5 Å². The van der Waals surface area contributed by atoms with Gasteiger partial charge in [0.05, 0.1) is 6.26 Å². The molecular weight excluding hydrogens is 268 g/mol. The van der Waals surface area contributed by atoms with Gasteiger partial charge in [0.2, 0.25) is 0 Å². The number of rotatable bonds is 3. The number of nitrogens with one attached hydrogen (secondary N) is 1. The van der Waals surface area contributed by atoms with E-state index in [2.05, 4.69) is 15.4 Å². The average molecular weight is 282 g/mol. The molecule has 0 saturated carbocycles. The molecule has 0 bridgehead atoms. The highest BCUT2D eigenvalue weighted by atomic mass is 16.3. The molecule has 0 unspecified atom stereocenters. The first-order chi connectivity index (χ1) is 10.1. The fraction of sp³-hybridized carbons (Fsp3) is 0.133. The van der Waals surface area contributed by atoms with Gasteiger partial charge in [-0.05, 0) is 31.2 Å². The number of anilines is 1. The zero-order chi connectivity index (χ0) is 14.8. The van der Waals surface area contributed by atoms with Crippen molar-refractivity contribution in [3.63, 3.8) is 0 Å². The summed E-state index contributed by atoms with van der Waals surface area (Å²) in [4.78, 5) is 16.3. The Hall–Kier alpha value is -2.89. The number of hydrogen-bond donors (Lipinski definition) is 1. The lowest BCUT2D eigenvalue weighted by Gasteiger charge is -2.03. The maximum atomic E-state index is 12.2. The molecule has 1 N–H and O–H groups in total. The lowest BCUT2D eigenvalue weighted by Crippen LogP contribution is -2.13. The van der Waals surface area contributed by atoms with Gasteiger partial charge in [-0.15, -0.1) is 0 Å². The molecule has 1 amide bonds. The number of pyridine rings is 1. The average Bonchev–Trinajstić information content (AvgIpc) is 3.07. The molecule has 106 valence electrons. The molecular formula is C15H14N4O2. The second-order valence-corrected chi connectivity index (χ2v) is 4.66. The number of aromatic nitrogens is 3.